The molecule has 3 N–H and O–H groups in total. The molecule has 1 heterocycles. The Morgan fingerprint density at radius 2 is 1.57 bits per heavy atom. The molecule has 1 saturated heterocycles. The van der Waals surface area contributed by atoms with Crippen molar-refractivity contribution >= 4 is 23.4 Å². The fourth-order valence-electron chi connectivity index (χ4n) is 2.81. The summed E-state index contributed by atoms with van der Waals surface area (Å²) in [5.41, 5.74) is -1.28. The van der Waals surface area contributed by atoms with Crippen molar-refractivity contribution in [2.24, 2.45) is 0 Å². The Bertz CT molecular complexity index is 848. The summed E-state index contributed by atoms with van der Waals surface area (Å²) in [6.07, 6.45) is -4.08. The number of ether oxygens (including phenoxy) is 1. The SMILES string of the molecule is CC.CC1(C)OB(c2cc(O)cc3ccc(F)c(OC(O)(O)F)c23)OC1(C)C. The van der Waals surface area contributed by atoms with Crippen LogP contribution in [-0.4, -0.2) is 39.9 Å². The van der Waals surface area contributed by atoms with E-state index in [1.807, 2.05) is 41.5 Å². The number of benzene rings is 2. The van der Waals surface area contributed by atoms with Gasteiger partial charge in [-0.15, -0.1) is 4.39 Å². The molecule has 0 radical (unpaired) electrons. The molecule has 0 bridgehead atoms. The van der Waals surface area contributed by atoms with Gasteiger partial charge in [-0.1, -0.05) is 19.9 Å². The molecule has 28 heavy (non-hydrogen) atoms. The van der Waals surface area contributed by atoms with Crippen LogP contribution in [0.5, 0.6) is 11.5 Å². The van der Waals surface area contributed by atoms with Crippen LogP contribution in [0, 0.1) is 5.82 Å². The maximum absolute atomic E-state index is 14.3. The van der Waals surface area contributed by atoms with E-state index in [0.717, 1.165) is 6.07 Å². The van der Waals surface area contributed by atoms with Crippen molar-refractivity contribution in [1.29, 1.82) is 0 Å². The predicted molar refractivity (Wildman–Crippen MR) is 102 cm³/mol. The molecule has 0 amide bonds. The van der Waals surface area contributed by atoms with Crippen LogP contribution in [0.3, 0.4) is 0 Å². The molecule has 0 aliphatic carbocycles. The number of alkyl halides is 1. The van der Waals surface area contributed by atoms with E-state index in [1.54, 1.807) is 0 Å². The second kappa shape index (κ2) is 7.48. The van der Waals surface area contributed by atoms with Crippen molar-refractivity contribution in [3.63, 3.8) is 0 Å². The monoisotopic (exact) mass is 398 g/mol. The summed E-state index contributed by atoms with van der Waals surface area (Å²) < 4.78 is 43.7. The molecule has 1 fully saturated rings. The molecular formula is C19H25BF2O6. The Kier molecular flexibility index (Phi) is 5.97. The number of hydrogen-bond donors (Lipinski definition) is 3. The van der Waals surface area contributed by atoms with Crippen molar-refractivity contribution in [2.75, 3.05) is 0 Å². The van der Waals surface area contributed by atoms with E-state index < -0.39 is 36.1 Å². The van der Waals surface area contributed by atoms with Gasteiger partial charge in [-0.25, -0.2) is 4.39 Å². The molecular weight excluding hydrogens is 373 g/mol. The van der Waals surface area contributed by atoms with E-state index in [9.17, 15) is 13.9 Å². The van der Waals surface area contributed by atoms with Gasteiger partial charge in [-0.3, -0.25) is 0 Å². The molecule has 3 rings (SSSR count). The van der Waals surface area contributed by atoms with Crippen LogP contribution in [0.15, 0.2) is 24.3 Å². The van der Waals surface area contributed by atoms with Gasteiger partial charge in [0.15, 0.2) is 11.6 Å². The highest BCUT2D eigenvalue weighted by molar-refractivity contribution is 6.65. The number of phenolic OH excluding ortho intramolecular Hbond substituents is 1. The Labute approximate surface area is 162 Å². The van der Waals surface area contributed by atoms with E-state index in [1.165, 1.54) is 18.2 Å². The first-order chi connectivity index (χ1) is 12.8. The van der Waals surface area contributed by atoms with Gasteiger partial charge in [0.25, 0.3) is 0 Å². The average Bonchev–Trinajstić information content (AvgIpc) is 2.78. The molecule has 0 aromatic heterocycles. The van der Waals surface area contributed by atoms with Crippen molar-refractivity contribution in [2.45, 2.75) is 59.0 Å². The number of fused-ring (bicyclic) bond motifs is 1. The fraction of sp³-hybridized carbons (Fsp3) is 0.474. The fourth-order valence-corrected chi connectivity index (χ4v) is 2.81. The van der Waals surface area contributed by atoms with Gasteiger partial charge < -0.3 is 29.4 Å². The average molecular weight is 398 g/mol. The summed E-state index contributed by atoms with van der Waals surface area (Å²) in [4.78, 5) is 0. The van der Waals surface area contributed by atoms with Gasteiger partial charge in [-0.2, -0.15) is 0 Å². The summed E-state index contributed by atoms with van der Waals surface area (Å²) in [5, 5.41) is 28.1. The number of aliphatic hydroxyl groups is 2. The third-order valence-electron chi connectivity index (χ3n) is 4.78. The van der Waals surface area contributed by atoms with Crippen LogP contribution in [0.1, 0.15) is 41.5 Å². The lowest BCUT2D eigenvalue weighted by Gasteiger charge is -2.32. The highest BCUT2D eigenvalue weighted by Crippen LogP contribution is 2.39. The first-order valence-corrected chi connectivity index (χ1v) is 8.94. The molecule has 2 aromatic carbocycles. The zero-order valence-electron chi connectivity index (χ0n) is 16.7. The lowest BCUT2D eigenvalue weighted by molar-refractivity contribution is -0.375. The molecule has 1 aliphatic heterocycles. The van der Waals surface area contributed by atoms with Crippen molar-refractivity contribution in [1.82, 2.24) is 0 Å². The smallest absolute Gasteiger partial charge is 0.495 e. The van der Waals surface area contributed by atoms with Gasteiger partial charge in [0.1, 0.15) is 5.75 Å². The summed E-state index contributed by atoms with van der Waals surface area (Å²) in [5.74, 6) is -1.91. The van der Waals surface area contributed by atoms with Gasteiger partial charge >= 0.3 is 13.3 Å². The summed E-state index contributed by atoms with van der Waals surface area (Å²) in [6.45, 7) is 11.2. The zero-order chi connectivity index (χ0) is 21.5. The molecule has 0 saturated carbocycles. The van der Waals surface area contributed by atoms with Gasteiger partial charge in [0.05, 0.1) is 11.2 Å². The highest BCUT2D eigenvalue weighted by atomic mass is 19.2. The second-order valence-electron chi connectivity index (χ2n) is 7.23. The normalized spacial score (nSPS) is 18.0. The first kappa shape index (κ1) is 22.4. The van der Waals surface area contributed by atoms with E-state index in [0.29, 0.717) is 0 Å². The predicted octanol–water partition coefficient (Wildman–Crippen LogP) is 2.95. The summed E-state index contributed by atoms with van der Waals surface area (Å²) in [7, 11) is -1.02. The van der Waals surface area contributed by atoms with Gasteiger partial charge in [0.2, 0.25) is 0 Å². The standard InChI is InChI=1S/C17H19BF2O6.C2H6/c1-15(2)16(3,4)26-18(25-15)11-8-10(21)7-9-5-6-12(19)14(13(9)11)24-17(20,22)23;1-2/h5-8,21-23H,1-4H3;1-2H3. The molecule has 0 unspecified atom stereocenters. The van der Waals surface area contributed by atoms with Crippen LogP contribution in [0.2, 0.25) is 0 Å². The van der Waals surface area contributed by atoms with E-state index in [2.05, 4.69) is 4.74 Å². The largest absolute Gasteiger partial charge is 0.508 e. The lowest BCUT2D eigenvalue weighted by Crippen LogP contribution is -2.41. The van der Waals surface area contributed by atoms with Crippen LogP contribution in [-0.2, 0) is 9.31 Å². The second-order valence-corrected chi connectivity index (χ2v) is 7.23. The van der Waals surface area contributed by atoms with E-state index >= 15 is 0 Å². The Morgan fingerprint density at radius 1 is 1.04 bits per heavy atom. The molecule has 1 aliphatic rings. The molecule has 6 nitrogen and oxygen atoms in total. The first-order valence-electron chi connectivity index (χ1n) is 8.94. The topological polar surface area (TPSA) is 88.4 Å². The van der Waals surface area contributed by atoms with Crippen molar-refractivity contribution < 1.29 is 38.1 Å². The van der Waals surface area contributed by atoms with Crippen molar-refractivity contribution in [3.05, 3.63) is 30.1 Å². The minimum atomic E-state index is -4.08. The third kappa shape index (κ3) is 4.22. The van der Waals surface area contributed by atoms with Crippen LogP contribution in [0.4, 0.5) is 8.78 Å². The molecule has 0 spiro atoms. The Morgan fingerprint density at radius 3 is 2.07 bits per heavy atom. The summed E-state index contributed by atoms with van der Waals surface area (Å²) >= 11 is 0. The number of aromatic hydroxyl groups is 1. The van der Waals surface area contributed by atoms with Crippen LogP contribution < -0.4 is 10.2 Å². The lowest BCUT2D eigenvalue weighted by atomic mass is 9.75. The number of rotatable bonds is 3. The molecule has 0 atom stereocenters. The van der Waals surface area contributed by atoms with Crippen LogP contribution in [0.25, 0.3) is 10.8 Å². The third-order valence-corrected chi connectivity index (χ3v) is 4.78. The van der Waals surface area contributed by atoms with Gasteiger partial charge in [-0.05, 0) is 56.7 Å². The minimum absolute atomic E-state index is 0.00794. The van der Waals surface area contributed by atoms with Crippen molar-refractivity contribution in [3.8, 4) is 11.5 Å². The Balaban J connectivity index is 0.00000136. The number of hydrogen-bond acceptors (Lipinski definition) is 6. The quantitative estimate of drug-likeness (QED) is 0.544. The minimum Gasteiger partial charge on any atom is -0.508 e. The summed E-state index contributed by atoms with van der Waals surface area (Å²) in [6, 6.07) is 4.86. The maximum Gasteiger partial charge on any atom is 0.495 e. The zero-order valence-corrected chi connectivity index (χ0v) is 16.7. The Hall–Kier alpha value is -1.94. The van der Waals surface area contributed by atoms with E-state index in [-0.39, 0.29) is 22.0 Å². The van der Waals surface area contributed by atoms with E-state index in [4.69, 9.17) is 19.5 Å². The number of halogens is 2. The highest BCUT2D eigenvalue weighted by Gasteiger charge is 2.52. The van der Waals surface area contributed by atoms with Gasteiger partial charge in [0, 0.05) is 5.39 Å². The molecule has 9 heteroatoms. The molecule has 2 aromatic rings. The number of phenols is 1. The molecule has 154 valence electrons. The van der Waals surface area contributed by atoms with Crippen LogP contribution >= 0.6 is 0 Å². The maximum atomic E-state index is 14.3.